The Balaban J connectivity index is 2.79. The van der Waals surface area contributed by atoms with Crippen LogP contribution in [0.4, 0.5) is 8.78 Å². The Morgan fingerprint density at radius 1 is 1.33 bits per heavy atom. The summed E-state index contributed by atoms with van der Waals surface area (Å²) in [5.41, 5.74) is -0.339. The summed E-state index contributed by atoms with van der Waals surface area (Å²) in [5, 5.41) is 8.47. The van der Waals surface area contributed by atoms with E-state index in [0.29, 0.717) is 6.42 Å². The largest absolute Gasteiger partial charge is 0.487 e. The molecule has 1 aromatic carbocycles. The fraction of sp³-hybridized carbons (Fsp3) is 0.400. The minimum atomic E-state index is -1.20. The van der Waals surface area contributed by atoms with Crippen LogP contribution in [0.2, 0.25) is 0 Å². The Bertz CT molecular complexity index is 515. The third kappa shape index (κ3) is 5.51. The molecule has 4 nitrogen and oxygen atoms in total. The van der Waals surface area contributed by atoms with Gasteiger partial charge in [0.05, 0.1) is 12.2 Å². The summed E-state index contributed by atoms with van der Waals surface area (Å²) in [4.78, 5) is 10.4. The summed E-state index contributed by atoms with van der Waals surface area (Å²) in [6, 6.07) is 2.03. The number of aliphatic carboxylic acids is 1. The van der Waals surface area contributed by atoms with Crippen LogP contribution in [-0.4, -0.2) is 30.4 Å². The predicted molar refractivity (Wildman–Crippen MR) is 74.2 cm³/mol. The number of rotatable bonds is 7. The lowest BCUT2D eigenvalue weighted by atomic mass is 10.1. The molecule has 116 valence electrons. The molecule has 6 heteroatoms. The van der Waals surface area contributed by atoms with E-state index in [1.54, 1.807) is 7.11 Å². The van der Waals surface area contributed by atoms with E-state index in [2.05, 4.69) is 0 Å². The van der Waals surface area contributed by atoms with Crippen LogP contribution in [0.25, 0.3) is 6.08 Å². The van der Waals surface area contributed by atoms with Gasteiger partial charge in [0.25, 0.3) is 0 Å². The lowest BCUT2D eigenvalue weighted by molar-refractivity contribution is -0.131. The molecule has 1 rings (SSSR count). The molecule has 0 spiro atoms. The van der Waals surface area contributed by atoms with Gasteiger partial charge in [-0.05, 0) is 37.6 Å². The summed E-state index contributed by atoms with van der Waals surface area (Å²) < 4.78 is 37.8. The second kappa shape index (κ2) is 7.17. The van der Waals surface area contributed by atoms with Gasteiger partial charge >= 0.3 is 5.97 Å². The zero-order valence-electron chi connectivity index (χ0n) is 12.2. The Hall–Kier alpha value is -1.95. The van der Waals surface area contributed by atoms with Gasteiger partial charge in [-0.3, -0.25) is 0 Å². The summed E-state index contributed by atoms with van der Waals surface area (Å²) in [5.74, 6) is -3.43. The van der Waals surface area contributed by atoms with Crippen molar-refractivity contribution in [2.45, 2.75) is 25.9 Å². The van der Waals surface area contributed by atoms with E-state index in [1.807, 2.05) is 13.8 Å². The molecule has 0 aliphatic rings. The first-order valence-electron chi connectivity index (χ1n) is 6.33. The highest BCUT2D eigenvalue weighted by molar-refractivity contribution is 5.85. The Morgan fingerprint density at radius 3 is 2.38 bits per heavy atom. The smallest absolute Gasteiger partial charge is 0.328 e. The molecular weight excluding hydrogens is 282 g/mol. The topological polar surface area (TPSA) is 55.8 Å². The number of benzene rings is 1. The zero-order valence-corrected chi connectivity index (χ0v) is 12.2. The molecule has 1 aromatic rings. The maximum absolute atomic E-state index is 13.8. The highest BCUT2D eigenvalue weighted by Gasteiger charge is 2.18. The second-order valence-electron chi connectivity index (χ2n) is 5.05. The summed E-state index contributed by atoms with van der Waals surface area (Å²) >= 11 is 0. The van der Waals surface area contributed by atoms with Crippen LogP contribution in [0, 0.1) is 11.6 Å². The maximum atomic E-state index is 13.8. The first kappa shape index (κ1) is 17.1. The van der Waals surface area contributed by atoms with Gasteiger partial charge in [-0.25, -0.2) is 13.6 Å². The van der Waals surface area contributed by atoms with Crippen molar-refractivity contribution in [2.75, 3.05) is 13.7 Å². The van der Waals surface area contributed by atoms with Crippen LogP contribution < -0.4 is 4.74 Å². The summed E-state index contributed by atoms with van der Waals surface area (Å²) in [6.45, 7) is 3.77. The standard InChI is InChI=1S/C15H18F2O4/c1-15(2,20-3)6-7-21-14-11(16)8-10(9-12(14)17)4-5-13(18)19/h4-5,8-9H,6-7H2,1-3H3,(H,18,19)/b5-4+. The van der Waals surface area contributed by atoms with Crippen molar-refractivity contribution < 1.29 is 28.2 Å². The molecular formula is C15H18F2O4. The van der Waals surface area contributed by atoms with Gasteiger partial charge < -0.3 is 14.6 Å². The normalized spacial score (nSPS) is 11.9. The third-order valence-corrected chi connectivity index (χ3v) is 2.94. The third-order valence-electron chi connectivity index (χ3n) is 2.94. The Labute approximate surface area is 122 Å². The number of methoxy groups -OCH3 is 1. The molecule has 0 aliphatic carbocycles. The van der Waals surface area contributed by atoms with Crippen molar-refractivity contribution in [3.05, 3.63) is 35.4 Å². The zero-order chi connectivity index (χ0) is 16.0. The maximum Gasteiger partial charge on any atom is 0.328 e. The van der Waals surface area contributed by atoms with E-state index in [4.69, 9.17) is 14.6 Å². The summed E-state index contributed by atoms with van der Waals surface area (Å²) in [6.07, 6.45) is 2.37. The fourth-order valence-electron chi connectivity index (χ4n) is 1.48. The highest BCUT2D eigenvalue weighted by atomic mass is 19.1. The number of ether oxygens (including phenoxy) is 2. The number of hydrogen-bond acceptors (Lipinski definition) is 3. The minimum Gasteiger partial charge on any atom is -0.487 e. The van der Waals surface area contributed by atoms with Crippen molar-refractivity contribution in [3.63, 3.8) is 0 Å². The fourth-order valence-corrected chi connectivity index (χ4v) is 1.48. The van der Waals surface area contributed by atoms with Gasteiger partial charge in [0.1, 0.15) is 0 Å². The van der Waals surface area contributed by atoms with Crippen LogP contribution >= 0.6 is 0 Å². The van der Waals surface area contributed by atoms with E-state index in [1.165, 1.54) is 0 Å². The average molecular weight is 300 g/mol. The van der Waals surface area contributed by atoms with Crippen LogP contribution in [0.3, 0.4) is 0 Å². The van der Waals surface area contributed by atoms with Gasteiger partial charge in [0, 0.05) is 19.6 Å². The molecule has 0 saturated heterocycles. The lowest BCUT2D eigenvalue weighted by Crippen LogP contribution is -2.25. The van der Waals surface area contributed by atoms with Crippen molar-refractivity contribution in [2.24, 2.45) is 0 Å². The number of carboxylic acid groups (broad SMARTS) is 1. The first-order valence-corrected chi connectivity index (χ1v) is 6.33. The molecule has 1 N–H and O–H groups in total. The average Bonchev–Trinajstić information content (AvgIpc) is 2.39. The van der Waals surface area contributed by atoms with Crippen molar-refractivity contribution in [1.29, 1.82) is 0 Å². The monoisotopic (exact) mass is 300 g/mol. The summed E-state index contributed by atoms with van der Waals surface area (Å²) in [7, 11) is 1.55. The lowest BCUT2D eigenvalue weighted by Gasteiger charge is -2.22. The van der Waals surface area contributed by atoms with Gasteiger partial charge in [0.15, 0.2) is 17.4 Å². The SMILES string of the molecule is COC(C)(C)CCOc1c(F)cc(/C=C/C(=O)O)cc1F. The number of carbonyl (C=O) groups is 1. The molecule has 0 unspecified atom stereocenters. The van der Waals surface area contributed by atoms with E-state index >= 15 is 0 Å². The Morgan fingerprint density at radius 2 is 1.90 bits per heavy atom. The molecule has 0 saturated carbocycles. The Kier molecular flexibility index (Phi) is 5.84. The quantitative estimate of drug-likeness (QED) is 0.785. The van der Waals surface area contributed by atoms with Gasteiger partial charge in [0.2, 0.25) is 0 Å². The van der Waals surface area contributed by atoms with Gasteiger partial charge in [-0.1, -0.05) is 0 Å². The van der Waals surface area contributed by atoms with Crippen LogP contribution in [0.5, 0.6) is 5.75 Å². The second-order valence-corrected chi connectivity index (χ2v) is 5.05. The molecule has 0 heterocycles. The van der Waals surface area contributed by atoms with E-state index < -0.39 is 29.0 Å². The minimum absolute atomic E-state index is 0.0962. The van der Waals surface area contributed by atoms with Crippen LogP contribution in [-0.2, 0) is 9.53 Å². The van der Waals surface area contributed by atoms with Gasteiger partial charge in [-0.2, -0.15) is 0 Å². The van der Waals surface area contributed by atoms with Crippen molar-refractivity contribution >= 4 is 12.0 Å². The van der Waals surface area contributed by atoms with E-state index in [9.17, 15) is 13.6 Å². The van der Waals surface area contributed by atoms with E-state index in [0.717, 1.165) is 24.3 Å². The molecule has 0 aliphatic heterocycles. The molecule has 0 aromatic heterocycles. The molecule has 0 radical (unpaired) electrons. The van der Waals surface area contributed by atoms with E-state index in [-0.39, 0.29) is 12.2 Å². The van der Waals surface area contributed by atoms with Gasteiger partial charge in [-0.15, -0.1) is 0 Å². The van der Waals surface area contributed by atoms with Crippen LogP contribution in [0.1, 0.15) is 25.8 Å². The molecule has 0 bridgehead atoms. The number of halogens is 2. The molecule has 0 amide bonds. The predicted octanol–water partition coefficient (Wildman–Crippen LogP) is 3.26. The highest BCUT2D eigenvalue weighted by Crippen LogP contribution is 2.25. The van der Waals surface area contributed by atoms with Crippen molar-refractivity contribution in [1.82, 2.24) is 0 Å². The molecule has 0 fully saturated rings. The first-order chi connectivity index (χ1) is 9.75. The number of hydrogen-bond donors (Lipinski definition) is 1. The number of carboxylic acids is 1. The molecule has 21 heavy (non-hydrogen) atoms. The molecule has 0 atom stereocenters. The van der Waals surface area contributed by atoms with Crippen molar-refractivity contribution in [3.8, 4) is 5.75 Å². The van der Waals surface area contributed by atoms with Crippen LogP contribution in [0.15, 0.2) is 18.2 Å².